The third-order valence-corrected chi connectivity index (χ3v) is 0.761. The molecule has 0 spiro atoms. The first-order valence-electron chi connectivity index (χ1n) is 2.72. The van der Waals surface area contributed by atoms with Gasteiger partial charge < -0.3 is 4.74 Å². The molecule has 1 fully saturated rings. The van der Waals surface area contributed by atoms with Crippen molar-refractivity contribution in [2.75, 3.05) is 0 Å². The maximum atomic E-state index is 10.0. The second kappa shape index (κ2) is 6.06. The largest absolute Gasteiger partial charge is 0.394 e. The zero-order chi connectivity index (χ0) is 9.78. The van der Waals surface area contributed by atoms with Gasteiger partial charge in [0.25, 0.3) is 0 Å². The first kappa shape index (κ1) is 15.0. The van der Waals surface area contributed by atoms with E-state index in [4.69, 9.17) is 17.5 Å². The maximum absolute atomic E-state index is 10.0. The molecule has 1 heterocycles. The molecule has 9 heteroatoms. The Hall–Kier alpha value is -0.471. The summed E-state index contributed by atoms with van der Waals surface area (Å²) in [6.45, 7) is 0. The molecule has 1 radical (unpaired) electrons. The van der Waals surface area contributed by atoms with E-state index in [-0.39, 0.29) is 29.9 Å². The van der Waals surface area contributed by atoms with E-state index in [9.17, 15) is 9.59 Å². The molecular weight excluding hydrogens is 256 g/mol. The molecule has 0 bridgehead atoms. The molecule has 0 saturated carbocycles. The average molecular weight is 262 g/mol. The Labute approximate surface area is 84.5 Å². The minimum absolute atomic E-state index is 0. The fourth-order valence-corrected chi connectivity index (χ4v) is 0.433. The van der Waals surface area contributed by atoms with E-state index in [2.05, 4.69) is 4.74 Å². The first-order valence-corrected chi connectivity index (χ1v) is 4.12. The number of carbonyl (C=O) groups excluding carboxylic acids is 2. The zero-order valence-corrected chi connectivity index (χ0v) is 7.82. The molecule has 7 nitrogen and oxygen atoms in total. The SMILES string of the molecule is O=C1CCC(=O)O1.O=S(=O)(O)O.[Cu]. The quantitative estimate of drug-likeness (QED) is 0.253. The standard InChI is InChI=1S/C4H4O3.Cu.H2O4S/c5-3-1-2-4(6)7-3;;1-5(2,3)4/h1-2H2;;(H2,1,2,3,4). The summed E-state index contributed by atoms with van der Waals surface area (Å²) in [4.78, 5) is 20.0. The summed E-state index contributed by atoms with van der Waals surface area (Å²) < 4.78 is 35.7. The topological polar surface area (TPSA) is 118 Å². The van der Waals surface area contributed by atoms with Gasteiger partial charge in [-0.3, -0.25) is 18.7 Å². The van der Waals surface area contributed by atoms with Crippen molar-refractivity contribution in [3.8, 4) is 0 Å². The van der Waals surface area contributed by atoms with Crippen LogP contribution < -0.4 is 0 Å². The minimum Gasteiger partial charge on any atom is -0.393 e. The molecule has 81 valence electrons. The van der Waals surface area contributed by atoms with Gasteiger partial charge in [-0.2, -0.15) is 8.42 Å². The maximum Gasteiger partial charge on any atom is 0.394 e. The molecule has 0 aromatic heterocycles. The number of carbonyl (C=O) groups is 2. The van der Waals surface area contributed by atoms with E-state index in [0.29, 0.717) is 0 Å². The second-order valence-corrected chi connectivity index (χ2v) is 2.69. The Balaban J connectivity index is 0. The van der Waals surface area contributed by atoms with Crippen molar-refractivity contribution >= 4 is 22.3 Å². The molecule has 0 aromatic carbocycles. The van der Waals surface area contributed by atoms with Crippen LogP contribution in [0.2, 0.25) is 0 Å². The van der Waals surface area contributed by atoms with Crippen molar-refractivity contribution in [2.45, 2.75) is 12.8 Å². The number of rotatable bonds is 0. The summed E-state index contributed by atoms with van der Waals surface area (Å²) in [7, 11) is -4.67. The monoisotopic (exact) mass is 261 g/mol. The summed E-state index contributed by atoms with van der Waals surface area (Å²) in [6.07, 6.45) is 0.525. The van der Waals surface area contributed by atoms with Gasteiger partial charge in [0.2, 0.25) is 0 Å². The van der Waals surface area contributed by atoms with Gasteiger partial charge in [0, 0.05) is 17.1 Å². The molecule has 0 amide bonds. The Kier molecular flexibility index (Phi) is 7.00. The predicted octanol–water partition coefficient (Wildman–Crippen LogP) is -0.805. The predicted molar refractivity (Wildman–Crippen MR) is 34.5 cm³/mol. The van der Waals surface area contributed by atoms with Crippen LogP contribution in [-0.4, -0.2) is 29.5 Å². The summed E-state index contributed by atoms with van der Waals surface area (Å²) in [5.41, 5.74) is 0. The molecule has 0 unspecified atom stereocenters. The van der Waals surface area contributed by atoms with Crippen LogP contribution in [0.3, 0.4) is 0 Å². The molecule has 1 aliphatic heterocycles. The van der Waals surface area contributed by atoms with Gasteiger partial charge >= 0.3 is 22.3 Å². The van der Waals surface area contributed by atoms with E-state index in [0.717, 1.165) is 0 Å². The summed E-state index contributed by atoms with van der Waals surface area (Å²) in [6, 6.07) is 0. The number of hydrogen-bond donors (Lipinski definition) is 2. The third kappa shape index (κ3) is 14.4. The van der Waals surface area contributed by atoms with Crippen molar-refractivity contribution in [2.24, 2.45) is 0 Å². The van der Waals surface area contributed by atoms with Crippen LogP contribution in [0.4, 0.5) is 0 Å². The third-order valence-electron chi connectivity index (χ3n) is 0.761. The van der Waals surface area contributed by atoms with Crippen molar-refractivity contribution < 1.29 is 48.9 Å². The van der Waals surface area contributed by atoms with E-state index < -0.39 is 22.3 Å². The molecule has 1 rings (SSSR count). The van der Waals surface area contributed by atoms with Crippen molar-refractivity contribution in [1.29, 1.82) is 0 Å². The van der Waals surface area contributed by atoms with Crippen LogP contribution in [0.5, 0.6) is 0 Å². The van der Waals surface area contributed by atoms with Gasteiger partial charge in [-0.15, -0.1) is 0 Å². The van der Waals surface area contributed by atoms with Crippen molar-refractivity contribution in [3.05, 3.63) is 0 Å². The Bertz CT molecular complexity index is 259. The summed E-state index contributed by atoms with van der Waals surface area (Å²) in [5, 5.41) is 0. The fourth-order valence-electron chi connectivity index (χ4n) is 0.433. The molecule has 0 atom stereocenters. The van der Waals surface area contributed by atoms with Crippen LogP contribution in [0.15, 0.2) is 0 Å². The molecule has 0 aromatic rings. The summed E-state index contributed by atoms with van der Waals surface area (Å²) in [5.74, 6) is -0.796. The zero-order valence-electron chi connectivity index (χ0n) is 6.06. The van der Waals surface area contributed by atoms with Gasteiger partial charge in [0.05, 0.1) is 12.8 Å². The number of hydrogen-bond acceptors (Lipinski definition) is 5. The molecule has 1 saturated heterocycles. The van der Waals surface area contributed by atoms with Gasteiger partial charge in [0.1, 0.15) is 0 Å². The molecule has 13 heavy (non-hydrogen) atoms. The second-order valence-electron chi connectivity index (χ2n) is 1.79. The molecule has 0 aliphatic carbocycles. The van der Waals surface area contributed by atoms with Crippen LogP contribution in [0, 0.1) is 0 Å². The van der Waals surface area contributed by atoms with Gasteiger partial charge in [-0.1, -0.05) is 0 Å². The average Bonchev–Trinajstić information content (AvgIpc) is 2.09. The van der Waals surface area contributed by atoms with Crippen LogP contribution in [-0.2, 0) is 41.8 Å². The van der Waals surface area contributed by atoms with E-state index >= 15 is 0 Å². The fraction of sp³-hybridized carbons (Fsp3) is 0.500. The Morgan fingerprint density at radius 1 is 1.08 bits per heavy atom. The Morgan fingerprint density at radius 2 is 1.31 bits per heavy atom. The number of esters is 2. The molecule has 2 N–H and O–H groups in total. The van der Waals surface area contributed by atoms with Crippen molar-refractivity contribution in [1.82, 2.24) is 0 Å². The van der Waals surface area contributed by atoms with E-state index in [1.54, 1.807) is 0 Å². The van der Waals surface area contributed by atoms with E-state index in [1.165, 1.54) is 0 Å². The van der Waals surface area contributed by atoms with E-state index in [1.807, 2.05) is 0 Å². The smallest absolute Gasteiger partial charge is 0.393 e. The number of cyclic esters (lactones) is 2. The van der Waals surface area contributed by atoms with Crippen LogP contribution in [0.1, 0.15) is 12.8 Å². The van der Waals surface area contributed by atoms with Crippen LogP contribution >= 0.6 is 0 Å². The minimum atomic E-state index is -4.67. The number of ether oxygens (including phenoxy) is 1. The van der Waals surface area contributed by atoms with Gasteiger partial charge in [0.15, 0.2) is 0 Å². The first-order chi connectivity index (χ1) is 5.29. The van der Waals surface area contributed by atoms with Gasteiger partial charge in [-0.25, -0.2) is 0 Å². The molecule has 1 aliphatic rings. The Morgan fingerprint density at radius 3 is 1.38 bits per heavy atom. The summed E-state index contributed by atoms with van der Waals surface area (Å²) >= 11 is 0. The normalized spacial score (nSPS) is 15.2. The molecular formula is C4H6CuO7S. The van der Waals surface area contributed by atoms with Crippen LogP contribution in [0.25, 0.3) is 0 Å². The van der Waals surface area contributed by atoms with Gasteiger partial charge in [-0.05, 0) is 0 Å². The van der Waals surface area contributed by atoms with Crippen molar-refractivity contribution in [3.63, 3.8) is 0 Å².